The molecule has 0 saturated heterocycles. The van der Waals surface area contributed by atoms with E-state index in [2.05, 4.69) is 26.4 Å². The summed E-state index contributed by atoms with van der Waals surface area (Å²) in [7, 11) is 0. The number of imidazole rings is 1. The highest BCUT2D eigenvalue weighted by molar-refractivity contribution is 5.78. The molecule has 3 N–H and O–H groups in total. The third-order valence-corrected chi connectivity index (χ3v) is 3.65. The van der Waals surface area contributed by atoms with Crippen LogP contribution < -0.4 is 5.32 Å². The molecule has 114 valence electrons. The molecule has 6 nitrogen and oxygen atoms in total. The molecule has 2 heterocycles. The molecule has 0 amide bonds. The van der Waals surface area contributed by atoms with E-state index in [0.29, 0.717) is 5.78 Å². The zero-order valence-electron chi connectivity index (χ0n) is 12.5. The van der Waals surface area contributed by atoms with Gasteiger partial charge in [-0.2, -0.15) is 0 Å². The first-order valence-corrected chi connectivity index (χ1v) is 7.25. The second-order valence-corrected chi connectivity index (χ2v) is 5.37. The lowest BCUT2D eigenvalue weighted by Gasteiger charge is -2.08. The van der Waals surface area contributed by atoms with E-state index in [0.717, 1.165) is 22.8 Å². The van der Waals surface area contributed by atoms with Crippen LogP contribution in [0.25, 0.3) is 17.0 Å². The Morgan fingerprint density at radius 1 is 1.13 bits per heavy atom. The molecule has 0 aliphatic heterocycles. The predicted molar refractivity (Wildman–Crippen MR) is 88.9 cm³/mol. The highest BCUT2D eigenvalue weighted by atomic mass is 16.3. The van der Waals surface area contributed by atoms with E-state index in [9.17, 15) is 5.11 Å². The van der Waals surface area contributed by atoms with Gasteiger partial charge in [0.25, 0.3) is 5.78 Å². The van der Waals surface area contributed by atoms with E-state index in [1.54, 1.807) is 23.0 Å². The summed E-state index contributed by atoms with van der Waals surface area (Å²) in [6.45, 7) is 2.05. The highest BCUT2D eigenvalue weighted by Gasteiger charge is 2.16. The normalized spacial score (nSPS) is 11.0. The fraction of sp³-hybridized carbons (Fsp3) is 0.0588. The third kappa shape index (κ3) is 2.40. The molecule has 0 atom stereocenters. The second kappa shape index (κ2) is 5.17. The molecule has 0 unspecified atom stereocenters. The van der Waals surface area contributed by atoms with Gasteiger partial charge >= 0.3 is 0 Å². The van der Waals surface area contributed by atoms with E-state index in [1.165, 1.54) is 5.56 Å². The van der Waals surface area contributed by atoms with E-state index >= 15 is 0 Å². The highest BCUT2D eigenvalue weighted by Crippen LogP contribution is 2.31. The monoisotopic (exact) mass is 305 g/mol. The second-order valence-electron chi connectivity index (χ2n) is 5.37. The lowest BCUT2D eigenvalue weighted by Crippen LogP contribution is -1.97. The summed E-state index contributed by atoms with van der Waals surface area (Å²) in [6, 6.07) is 15.1. The number of H-pyrrole nitrogens is 1. The Hall–Kier alpha value is -3.28. The standard InChI is InChI=1S/C17H15N5O/c1-11-3-2-4-13(9-11)20-16-15(12-5-7-14(23)8-6-12)21-17-18-10-19-22(16)17/h2-10,20,23H,1H3,(H,18,19,21). The number of hydrogen-bond donors (Lipinski definition) is 3. The minimum Gasteiger partial charge on any atom is -0.508 e. The van der Waals surface area contributed by atoms with Gasteiger partial charge in [0.15, 0.2) is 5.82 Å². The molecule has 23 heavy (non-hydrogen) atoms. The number of fused-ring (bicyclic) bond motifs is 1. The predicted octanol–water partition coefficient (Wildman–Crippen LogP) is 3.48. The Bertz CT molecular complexity index is 968. The van der Waals surface area contributed by atoms with Crippen LogP contribution in [-0.4, -0.2) is 24.7 Å². The average molecular weight is 305 g/mol. The summed E-state index contributed by atoms with van der Waals surface area (Å²) in [5.74, 6) is 1.61. The summed E-state index contributed by atoms with van der Waals surface area (Å²) in [4.78, 5) is 8.78. The first-order valence-electron chi connectivity index (χ1n) is 7.25. The molecule has 4 rings (SSSR count). The van der Waals surface area contributed by atoms with Gasteiger partial charge in [0.2, 0.25) is 0 Å². The lowest BCUT2D eigenvalue weighted by atomic mass is 10.1. The molecule has 2 aromatic heterocycles. The number of aromatic hydroxyl groups is 1. The van der Waals surface area contributed by atoms with Crippen molar-refractivity contribution in [3.05, 3.63) is 60.4 Å². The fourth-order valence-electron chi connectivity index (χ4n) is 2.56. The number of phenolic OH excluding ortho intramolecular Hbond substituents is 1. The fourth-order valence-corrected chi connectivity index (χ4v) is 2.56. The van der Waals surface area contributed by atoms with Gasteiger partial charge in [-0.25, -0.2) is 14.5 Å². The van der Waals surface area contributed by atoms with Gasteiger partial charge < -0.3 is 10.4 Å². The van der Waals surface area contributed by atoms with Gasteiger partial charge in [-0.1, -0.05) is 12.1 Å². The molecule has 0 aliphatic carbocycles. The van der Waals surface area contributed by atoms with Crippen LogP contribution in [0, 0.1) is 6.92 Å². The van der Waals surface area contributed by atoms with Gasteiger partial charge in [0.05, 0.1) is 0 Å². The van der Waals surface area contributed by atoms with Crippen LogP contribution in [0.15, 0.2) is 54.9 Å². The van der Waals surface area contributed by atoms with Crippen molar-refractivity contribution in [1.29, 1.82) is 0 Å². The Morgan fingerprint density at radius 3 is 2.74 bits per heavy atom. The molecule has 0 saturated carbocycles. The van der Waals surface area contributed by atoms with E-state index in [1.807, 2.05) is 37.3 Å². The molecular formula is C17H15N5O. The third-order valence-electron chi connectivity index (χ3n) is 3.65. The lowest BCUT2D eigenvalue weighted by molar-refractivity contribution is 0.475. The van der Waals surface area contributed by atoms with Gasteiger partial charge in [-0.05, 0) is 48.9 Å². The van der Waals surface area contributed by atoms with Gasteiger partial charge in [-0.15, -0.1) is 0 Å². The van der Waals surface area contributed by atoms with Crippen LogP contribution in [0.5, 0.6) is 5.75 Å². The topological polar surface area (TPSA) is 78.2 Å². The van der Waals surface area contributed by atoms with Crippen LogP contribution in [0.2, 0.25) is 0 Å². The van der Waals surface area contributed by atoms with Crippen molar-refractivity contribution in [3.8, 4) is 17.0 Å². The summed E-state index contributed by atoms with van der Waals surface area (Å²) in [6.07, 6.45) is 1.60. The molecule has 0 bridgehead atoms. The molecule has 4 aromatic rings. The summed E-state index contributed by atoms with van der Waals surface area (Å²) in [5, 5.41) is 15.9. The maximum atomic E-state index is 9.48. The Labute approximate surface area is 132 Å². The molecule has 0 fully saturated rings. The summed E-state index contributed by atoms with van der Waals surface area (Å²) < 4.78 is 1.80. The molecule has 0 aliphatic rings. The number of rotatable bonds is 3. The minimum absolute atomic E-state index is 0.227. The maximum absolute atomic E-state index is 9.48. The van der Waals surface area contributed by atoms with Crippen LogP contribution >= 0.6 is 0 Å². The average Bonchev–Trinajstić information content (AvgIpc) is 3.11. The van der Waals surface area contributed by atoms with E-state index in [4.69, 9.17) is 0 Å². The molecular weight excluding hydrogens is 290 g/mol. The largest absolute Gasteiger partial charge is 0.508 e. The van der Waals surface area contributed by atoms with Gasteiger partial charge in [0.1, 0.15) is 17.8 Å². The Kier molecular flexibility index (Phi) is 3.01. The Balaban J connectivity index is 1.85. The first-order chi connectivity index (χ1) is 11.2. The molecule has 6 heteroatoms. The van der Waals surface area contributed by atoms with Gasteiger partial charge in [-0.3, -0.25) is 5.10 Å². The van der Waals surface area contributed by atoms with Crippen molar-refractivity contribution in [2.24, 2.45) is 0 Å². The van der Waals surface area contributed by atoms with E-state index in [-0.39, 0.29) is 5.75 Å². The number of phenols is 1. The number of aromatic amines is 1. The van der Waals surface area contributed by atoms with Crippen molar-refractivity contribution in [2.45, 2.75) is 6.92 Å². The zero-order chi connectivity index (χ0) is 15.8. The maximum Gasteiger partial charge on any atom is 0.252 e. The van der Waals surface area contributed by atoms with Crippen LogP contribution in [0.4, 0.5) is 11.5 Å². The number of anilines is 2. The van der Waals surface area contributed by atoms with Gasteiger partial charge in [0, 0.05) is 11.3 Å². The van der Waals surface area contributed by atoms with E-state index < -0.39 is 0 Å². The summed E-state index contributed by atoms with van der Waals surface area (Å²) in [5.41, 5.74) is 3.82. The number of nitrogens with zero attached hydrogens (tertiary/aromatic N) is 3. The number of nitrogens with one attached hydrogen (secondary N) is 2. The van der Waals surface area contributed by atoms with Crippen LogP contribution in [0.3, 0.4) is 0 Å². The number of hydrogen-bond acceptors (Lipinski definition) is 4. The first kappa shape index (κ1) is 13.4. The quantitative estimate of drug-likeness (QED) is 0.541. The molecule has 0 spiro atoms. The van der Waals surface area contributed by atoms with Crippen molar-refractivity contribution < 1.29 is 5.11 Å². The Morgan fingerprint density at radius 2 is 1.96 bits per heavy atom. The van der Waals surface area contributed by atoms with Crippen molar-refractivity contribution >= 4 is 17.3 Å². The van der Waals surface area contributed by atoms with Crippen LogP contribution in [0.1, 0.15) is 5.56 Å². The van der Waals surface area contributed by atoms with Crippen molar-refractivity contribution in [1.82, 2.24) is 19.6 Å². The minimum atomic E-state index is 0.227. The van der Waals surface area contributed by atoms with Crippen LogP contribution in [-0.2, 0) is 0 Å². The number of aryl methyl sites for hydroxylation is 1. The van der Waals surface area contributed by atoms with Crippen molar-refractivity contribution in [3.63, 3.8) is 0 Å². The molecule has 2 aromatic carbocycles. The number of aromatic nitrogens is 4. The number of benzene rings is 2. The SMILES string of the molecule is Cc1cccc(Nc2c(-c3ccc(O)cc3)nc3nc[nH]n23)c1. The smallest absolute Gasteiger partial charge is 0.252 e. The molecule has 0 radical (unpaired) electrons. The zero-order valence-corrected chi connectivity index (χ0v) is 12.5. The summed E-state index contributed by atoms with van der Waals surface area (Å²) >= 11 is 0. The van der Waals surface area contributed by atoms with Crippen molar-refractivity contribution in [2.75, 3.05) is 5.32 Å².